The van der Waals surface area contributed by atoms with E-state index in [1.165, 1.54) is 16.9 Å². The zero-order chi connectivity index (χ0) is 30.0. The zero-order valence-corrected chi connectivity index (χ0v) is 25.5. The van der Waals surface area contributed by atoms with Crippen molar-refractivity contribution in [2.45, 2.75) is 39.2 Å². The number of carbonyl (C=O) groups excluding carboxylic acids is 1. The molecule has 1 aliphatic rings. The van der Waals surface area contributed by atoms with Crippen LogP contribution in [0.4, 0.5) is 0 Å². The third-order valence-corrected chi connectivity index (χ3v) is 8.15. The standard InChI is InChI=1S/C34H34N2O5S/c1-7-41-32(38)28-29(22-11-9-8-10-12-22)35-33-36(30(28)23-15-18-25(39-5)26(20-23)40-6)31(37)27(42-33)19-21-13-16-24(17-14-21)34(2,3)4/h8-20,30H,7H2,1-6H3/b27-19-/t30-/m1/s1. The lowest BCUT2D eigenvalue weighted by atomic mass is 9.87. The molecule has 0 saturated carbocycles. The molecule has 0 fully saturated rings. The van der Waals surface area contributed by atoms with E-state index in [-0.39, 0.29) is 23.2 Å². The van der Waals surface area contributed by atoms with E-state index in [0.717, 1.165) is 11.1 Å². The molecule has 3 aromatic carbocycles. The molecule has 0 saturated heterocycles. The fraction of sp³-hybridized carbons (Fsp3) is 0.265. The number of benzene rings is 3. The van der Waals surface area contributed by atoms with Gasteiger partial charge in [0.1, 0.15) is 0 Å². The lowest BCUT2D eigenvalue weighted by molar-refractivity contribution is -0.138. The van der Waals surface area contributed by atoms with Gasteiger partial charge >= 0.3 is 5.97 Å². The van der Waals surface area contributed by atoms with Crippen molar-refractivity contribution < 1.29 is 19.0 Å². The van der Waals surface area contributed by atoms with Crippen molar-refractivity contribution in [1.82, 2.24) is 4.57 Å². The van der Waals surface area contributed by atoms with Gasteiger partial charge in [0.05, 0.1) is 42.7 Å². The van der Waals surface area contributed by atoms with Crippen molar-refractivity contribution in [3.05, 3.63) is 120 Å². The maximum atomic E-state index is 14.1. The van der Waals surface area contributed by atoms with Gasteiger partial charge in [0.15, 0.2) is 16.3 Å². The highest BCUT2D eigenvalue weighted by Crippen LogP contribution is 2.38. The minimum absolute atomic E-state index is 0.0224. The molecule has 2 heterocycles. The summed E-state index contributed by atoms with van der Waals surface area (Å²) in [6, 6.07) is 22.3. The molecule has 0 N–H and O–H groups in total. The van der Waals surface area contributed by atoms with E-state index in [4.69, 9.17) is 19.2 Å². The van der Waals surface area contributed by atoms with Crippen LogP contribution in [0, 0.1) is 0 Å². The fourth-order valence-corrected chi connectivity index (χ4v) is 6.01. The molecule has 5 rings (SSSR count). The van der Waals surface area contributed by atoms with Crippen LogP contribution in [0.15, 0.2) is 88.2 Å². The van der Waals surface area contributed by atoms with E-state index < -0.39 is 12.0 Å². The summed E-state index contributed by atoms with van der Waals surface area (Å²) in [5.74, 6) is 0.488. The van der Waals surface area contributed by atoms with Crippen LogP contribution in [0.5, 0.6) is 11.5 Å². The van der Waals surface area contributed by atoms with Gasteiger partial charge in [-0.3, -0.25) is 9.36 Å². The Morgan fingerprint density at radius 3 is 2.29 bits per heavy atom. The summed E-state index contributed by atoms with van der Waals surface area (Å²) in [6.45, 7) is 8.43. The molecule has 0 radical (unpaired) electrons. The van der Waals surface area contributed by atoms with Gasteiger partial charge < -0.3 is 14.2 Å². The van der Waals surface area contributed by atoms with Crippen LogP contribution < -0.4 is 24.4 Å². The minimum atomic E-state index is -0.805. The van der Waals surface area contributed by atoms with Crippen LogP contribution in [0.3, 0.4) is 0 Å². The number of nitrogens with zero attached hydrogens (tertiary/aromatic N) is 2. The Morgan fingerprint density at radius 2 is 1.67 bits per heavy atom. The second-order valence-corrected chi connectivity index (χ2v) is 11.9. The summed E-state index contributed by atoms with van der Waals surface area (Å²) in [5.41, 5.74) is 4.06. The molecule has 42 heavy (non-hydrogen) atoms. The fourth-order valence-electron chi connectivity index (χ4n) is 5.01. The third kappa shape index (κ3) is 5.54. The number of methoxy groups -OCH3 is 2. The van der Waals surface area contributed by atoms with Gasteiger partial charge in [-0.1, -0.05) is 92.8 Å². The summed E-state index contributed by atoms with van der Waals surface area (Å²) in [7, 11) is 3.11. The molecule has 0 aliphatic carbocycles. The second-order valence-electron chi connectivity index (χ2n) is 10.9. The largest absolute Gasteiger partial charge is 0.493 e. The van der Waals surface area contributed by atoms with Crippen LogP contribution in [0.2, 0.25) is 0 Å². The number of hydrogen-bond donors (Lipinski definition) is 0. The van der Waals surface area contributed by atoms with Gasteiger partial charge in [-0.15, -0.1) is 0 Å². The Morgan fingerprint density at radius 1 is 0.976 bits per heavy atom. The van der Waals surface area contributed by atoms with E-state index in [1.807, 2.05) is 54.6 Å². The van der Waals surface area contributed by atoms with Gasteiger partial charge in [-0.25, -0.2) is 9.79 Å². The monoisotopic (exact) mass is 582 g/mol. The first-order valence-corrected chi connectivity index (χ1v) is 14.6. The van der Waals surface area contributed by atoms with Crippen LogP contribution in [0.1, 0.15) is 56.0 Å². The Labute approximate surface area is 249 Å². The number of esters is 1. The highest BCUT2D eigenvalue weighted by molar-refractivity contribution is 7.07. The van der Waals surface area contributed by atoms with Crippen LogP contribution in [-0.2, 0) is 14.9 Å². The average Bonchev–Trinajstić information content (AvgIpc) is 3.30. The lowest BCUT2D eigenvalue weighted by Crippen LogP contribution is -2.40. The predicted molar refractivity (Wildman–Crippen MR) is 166 cm³/mol. The van der Waals surface area contributed by atoms with E-state index in [1.54, 1.807) is 37.8 Å². The second kappa shape index (κ2) is 11.8. The topological polar surface area (TPSA) is 79.1 Å². The van der Waals surface area contributed by atoms with E-state index in [0.29, 0.717) is 32.1 Å². The number of hydrogen-bond acceptors (Lipinski definition) is 7. The molecule has 7 nitrogen and oxygen atoms in total. The summed E-state index contributed by atoms with van der Waals surface area (Å²) in [4.78, 5) is 33.2. The van der Waals surface area contributed by atoms with Crippen molar-refractivity contribution in [2.24, 2.45) is 4.99 Å². The van der Waals surface area contributed by atoms with Gasteiger partial charge in [0.25, 0.3) is 5.56 Å². The first-order valence-electron chi connectivity index (χ1n) is 13.8. The van der Waals surface area contributed by atoms with E-state index >= 15 is 0 Å². The lowest BCUT2D eigenvalue weighted by Gasteiger charge is -2.26. The molecule has 216 valence electrons. The number of fused-ring (bicyclic) bond motifs is 1. The molecular weight excluding hydrogens is 548 g/mol. The van der Waals surface area contributed by atoms with Crippen molar-refractivity contribution in [1.29, 1.82) is 0 Å². The van der Waals surface area contributed by atoms with E-state index in [9.17, 15) is 9.59 Å². The molecule has 1 aliphatic heterocycles. The molecule has 0 bridgehead atoms. The first-order chi connectivity index (χ1) is 20.2. The molecule has 1 atom stereocenters. The highest BCUT2D eigenvalue weighted by Gasteiger charge is 2.35. The maximum Gasteiger partial charge on any atom is 0.338 e. The summed E-state index contributed by atoms with van der Waals surface area (Å²) in [5, 5.41) is 0. The number of aromatic nitrogens is 1. The normalized spacial score (nSPS) is 15.2. The Bertz CT molecular complexity index is 1830. The molecular formula is C34H34N2O5S. The van der Waals surface area contributed by atoms with Gasteiger partial charge in [0, 0.05) is 5.56 Å². The molecule has 1 aromatic heterocycles. The average molecular weight is 583 g/mol. The van der Waals surface area contributed by atoms with Crippen molar-refractivity contribution in [2.75, 3.05) is 20.8 Å². The molecule has 0 unspecified atom stereocenters. The number of carbonyl (C=O) groups is 1. The first kappa shape index (κ1) is 29.1. The Hall–Kier alpha value is -4.43. The number of rotatable bonds is 7. The quantitative estimate of drug-likeness (QED) is 0.278. The Kier molecular flexibility index (Phi) is 8.18. The SMILES string of the molecule is CCOC(=O)C1=C(c2ccccc2)N=c2s/c(=C\c3ccc(C(C)(C)C)cc3)c(=O)n2[C@@H]1c1ccc(OC)c(OC)c1. The van der Waals surface area contributed by atoms with Gasteiger partial charge in [-0.05, 0) is 47.2 Å². The van der Waals surface area contributed by atoms with Crippen LogP contribution in [-0.4, -0.2) is 31.4 Å². The van der Waals surface area contributed by atoms with Crippen molar-refractivity contribution in [3.63, 3.8) is 0 Å². The number of ether oxygens (including phenoxy) is 3. The molecule has 0 amide bonds. The third-order valence-electron chi connectivity index (χ3n) is 7.17. The molecule has 8 heteroatoms. The van der Waals surface area contributed by atoms with Gasteiger partial charge in [0.2, 0.25) is 0 Å². The maximum absolute atomic E-state index is 14.1. The zero-order valence-electron chi connectivity index (χ0n) is 24.6. The summed E-state index contributed by atoms with van der Waals surface area (Å²) >= 11 is 1.29. The highest BCUT2D eigenvalue weighted by atomic mass is 32.1. The summed E-state index contributed by atoms with van der Waals surface area (Å²) in [6.07, 6.45) is 1.87. The van der Waals surface area contributed by atoms with Crippen molar-refractivity contribution >= 4 is 29.1 Å². The smallest absolute Gasteiger partial charge is 0.338 e. The Balaban J connectivity index is 1.79. The summed E-state index contributed by atoms with van der Waals surface area (Å²) < 4.78 is 18.7. The molecule has 0 spiro atoms. The van der Waals surface area contributed by atoms with Crippen LogP contribution >= 0.6 is 11.3 Å². The number of thiazole rings is 1. The van der Waals surface area contributed by atoms with Gasteiger partial charge in [-0.2, -0.15) is 0 Å². The molecule has 4 aromatic rings. The van der Waals surface area contributed by atoms with E-state index in [2.05, 4.69) is 32.9 Å². The van der Waals surface area contributed by atoms with Crippen LogP contribution in [0.25, 0.3) is 11.8 Å². The van der Waals surface area contributed by atoms with Crippen molar-refractivity contribution in [3.8, 4) is 11.5 Å². The predicted octanol–water partition coefficient (Wildman–Crippen LogP) is 5.25. The minimum Gasteiger partial charge on any atom is -0.493 e.